The summed E-state index contributed by atoms with van der Waals surface area (Å²) < 4.78 is 10.7. The van der Waals surface area contributed by atoms with Gasteiger partial charge in [-0.25, -0.2) is 0 Å². The molecule has 4 nitrogen and oxygen atoms in total. The highest BCUT2D eigenvalue weighted by molar-refractivity contribution is 8.00. The highest BCUT2D eigenvalue weighted by Crippen LogP contribution is 2.33. The van der Waals surface area contributed by atoms with E-state index in [4.69, 9.17) is 9.47 Å². The Morgan fingerprint density at radius 1 is 1.63 bits per heavy atom. The number of ether oxygens (including phenoxy) is 2. The molecule has 112 valence electrons. The van der Waals surface area contributed by atoms with E-state index in [1.54, 1.807) is 0 Å². The predicted octanol–water partition coefficient (Wildman–Crippen LogP) is 2.22. The minimum Gasteiger partial charge on any atom is -0.465 e. The fraction of sp³-hybridized carbons (Fsp3) is 0.929. The number of esters is 1. The van der Waals surface area contributed by atoms with Crippen LogP contribution in [0.15, 0.2) is 0 Å². The Hall–Kier alpha value is -0.260. The molecule has 0 bridgehead atoms. The number of carbonyl (C=O) groups is 1. The van der Waals surface area contributed by atoms with Gasteiger partial charge < -0.3 is 14.8 Å². The average molecular weight is 289 g/mol. The van der Waals surface area contributed by atoms with E-state index in [1.807, 2.05) is 32.7 Å². The highest BCUT2D eigenvalue weighted by Gasteiger charge is 2.36. The van der Waals surface area contributed by atoms with Gasteiger partial charge in [-0.15, -0.1) is 0 Å². The lowest BCUT2D eigenvalue weighted by atomic mass is 9.96. The van der Waals surface area contributed by atoms with Crippen LogP contribution in [0.3, 0.4) is 0 Å². The van der Waals surface area contributed by atoms with Gasteiger partial charge in [-0.1, -0.05) is 6.92 Å². The lowest BCUT2D eigenvalue weighted by molar-refractivity contribution is -0.150. The smallest absolute Gasteiger partial charge is 0.326 e. The first kappa shape index (κ1) is 16.8. The summed E-state index contributed by atoms with van der Waals surface area (Å²) >= 11 is 1.92. The Morgan fingerprint density at radius 3 is 2.79 bits per heavy atom. The zero-order chi connectivity index (χ0) is 14.5. The van der Waals surface area contributed by atoms with Gasteiger partial charge in [0.2, 0.25) is 0 Å². The Kier molecular flexibility index (Phi) is 6.63. The van der Waals surface area contributed by atoms with Crippen LogP contribution in [0.25, 0.3) is 0 Å². The average Bonchev–Trinajstić information content (AvgIpc) is 2.75. The molecule has 1 rings (SSSR count). The first-order chi connectivity index (χ1) is 8.92. The molecular formula is C14H27NO3S. The molecule has 1 aliphatic heterocycles. The number of thioether (sulfide) groups is 1. The van der Waals surface area contributed by atoms with Crippen LogP contribution in [-0.4, -0.2) is 48.4 Å². The molecule has 0 saturated carbocycles. The van der Waals surface area contributed by atoms with E-state index in [2.05, 4.69) is 19.2 Å². The van der Waals surface area contributed by atoms with Gasteiger partial charge in [-0.2, -0.15) is 11.8 Å². The largest absolute Gasteiger partial charge is 0.465 e. The van der Waals surface area contributed by atoms with Crippen molar-refractivity contribution in [1.29, 1.82) is 0 Å². The van der Waals surface area contributed by atoms with Crippen LogP contribution in [0.4, 0.5) is 0 Å². The van der Waals surface area contributed by atoms with Crippen LogP contribution in [0.2, 0.25) is 0 Å². The third-order valence-electron chi connectivity index (χ3n) is 3.69. The molecule has 0 aromatic rings. The Balaban J connectivity index is 2.52. The molecule has 0 spiro atoms. The van der Waals surface area contributed by atoms with Crippen molar-refractivity contribution in [2.45, 2.75) is 62.7 Å². The molecule has 1 saturated heterocycles. The van der Waals surface area contributed by atoms with Crippen LogP contribution >= 0.6 is 11.8 Å². The van der Waals surface area contributed by atoms with Crippen molar-refractivity contribution >= 4 is 17.7 Å². The van der Waals surface area contributed by atoms with E-state index in [0.29, 0.717) is 23.2 Å². The maximum absolute atomic E-state index is 12.0. The highest BCUT2D eigenvalue weighted by atomic mass is 32.2. The van der Waals surface area contributed by atoms with Crippen molar-refractivity contribution in [1.82, 2.24) is 5.32 Å². The van der Waals surface area contributed by atoms with Crippen molar-refractivity contribution in [2.24, 2.45) is 0 Å². The fourth-order valence-electron chi connectivity index (χ4n) is 2.39. The van der Waals surface area contributed by atoms with Gasteiger partial charge in [0.15, 0.2) is 0 Å². The number of rotatable bonds is 7. The van der Waals surface area contributed by atoms with Crippen LogP contribution in [-0.2, 0) is 14.3 Å². The van der Waals surface area contributed by atoms with Gasteiger partial charge in [0.05, 0.1) is 12.7 Å². The van der Waals surface area contributed by atoms with E-state index in [1.165, 1.54) is 0 Å². The third-order valence-corrected chi connectivity index (χ3v) is 5.29. The third kappa shape index (κ3) is 4.65. The summed E-state index contributed by atoms with van der Waals surface area (Å²) in [7, 11) is 1.82. The quantitative estimate of drug-likeness (QED) is 0.728. The van der Waals surface area contributed by atoms with E-state index in [9.17, 15) is 4.79 Å². The standard InChI is InChI=1S/C14H27NO3S/c1-6-17-13(16)14(4,15-5)9-10(2)19-12-7-8-18-11(12)3/h10-12,15H,6-9H2,1-5H3. The molecule has 0 aromatic heterocycles. The lowest BCUT2D eigenvalue weighted by Gasteiger charge is -2.30. The van der Waals surface area contributed by atoms with Gasteiger partial charge in [-0.05, 0) is 40.7 Å². The topological polar surface area (TPSA) is 47.6 Å². The zero-order valence-electron chi connectivity index (χ0n) is 12.7. The maximum Gasteiger partial charge on any atom is 0.326 e. The van der Waals surface area contributed by atoms with Crippen LogP contribution in [0, 0.1) is 0 Å². The molecule has 0 aromatic carbocycles. The van der Waals surface area contributed by atoms with Gasteiger partial charge in [-0.3, -0.25) is 4.79 Å². The van der Waals surface area contributed by atoms with Crippen molar-refractivity contribution < 1.29 is 14.3 Å². The number of nitrogens with one attached hydrogen (secondary N) is 1. The summed E-state index contributed by atoms with van der Waals surface area (Å²) in [4.78, 5) is 12.0. The fourth-order valence-corrected chi connectivity index (χ4v) is 3.95. The zero-order valence-corrected chi connectivity index (χ0v) is 13.5. The summed E-state index contributed by atoms with van der Waals surface area (Å²) in [5.74, 6) is -0.166. The first-order valence-electron chi connectivity index (χ1n) is 7.06. The molecule has 0 radical (unpaired) electrons. The first-order valence-corrected chi connectivity index (χ1v) is 8.00. The molecule has 1 fully saturated rings. The van der Waals surface area contributed by atoms with Gasteiger partial charge in [0.25, 0.3) is 0 Å². The molecule has 5 heteroatoms. The summed E-state index contributed by atoms with van der Waals surface area (Å²) in [6, 6.07) is 0. The number of likely N-dealkylation sites (N-methyl/N-ethyl adjacent to an activating group) is 1. The molecule has 0 amide bonds. The molecule has 1 aliphatic rings. The van der Waals surface area contributed by atoms with E-state index in [-0.39, 0.29) is 5.97 Å². The van der Waals surface area contributed by atoms with Crippen molar-refractivity contribution in [3.8, 4) is 0 Å². The molecule has 4 unspecified atom stereocenters. The molecular weight excluding hydrogens is 262 g/mol. The normalized spacial score (nSPS) is 27.8. The van der Waals surface area contributed by atoms with Crippen LogP contribution < -0.4 is 5.32 Å². The monoisotopic (exact) mass is 289 g/mol. The number of carbonyl (C=O) groups excluding carboxylic acids is 1. The number of hydrogen-bond donors (Lipinski definition) is 1. The van der Waals surface area contributed by atoms with E-state index in [0.717, 1.165) is 19.4 Å². The second-order valence-corrected chi connectivity index (χ2v) is 7.04. The van der Waals surface area contributed by atoms with Crippen molar-refractivity contribution in [2.75, 3.05) is 20.3 Å². The Morgan fingerprint density at radius 2 is 2.32 bits per heavy atom. The SMILES string of the molecule is CCOC(=O)C(C)(CC(C)SC1CCOC1C)NC. The molecule has 1 heterocycles. The minimum atomic E-state index is -0.606. The second-order valence-electron chi connectivity index (χ2n) is 5.36. The molecule has 1 N–H and O–H groups in total. The van der Waals surface area contributed by atoms with Gasteiger partial charge in [0.1, 0.15) is 5.54 Å². The molecule has 19 heavy (non-hydrogen) atoms. The van der Waals surface area contributed by atoms with Crippen molar-refractivity contribution in [3.63, 3.8) is 0 Å². The maximum atomic E-state index is 12.0. The molecule has 0 aliphatic carbocycles. The minimum absolute atomic E-state index is 0.166. The van der Waals surface area contributed by atoms with Crippen molar-refractivity contribution in [3.05, 3.63) is 0 Å². The predicted molar refractivity (Wildman–Crippen MR) is 79.6 cm³/mol. The summed E-state index contributed by atoms with van der Waals surface area (Å²) in [6.45, 7) is 9.32. The van der Waals surface area contributed by atoms with E-state index < -0.39 is 5.54 Å². The summed E-state index contributed by atoms with van der Waals surface area (Å²) in [6.07, 6.45) is 2.18. The van der Waals surface area contributed by atoms with Crippen LogP contribution in [0.1, 0.15) is 40.5 Å². The van der Waals surface area contributed by atoms with Crippen LogP contribution in [0.5, 0.6) is 0 Å². The summed E-state index contributed by atoms with van der Waals surface area (Å²) in [5.41, 5.74) is -0.606. The van der Waals surface area contributed by atoms with Gasteiger partial charge in [0, 0.05) is 17.1 Å². The Bertz CT molecular complexity index is 300. The number of hydrogen-bond acceptors (Lipinski definition) is 5. The van der Waals surface area contributed by atoms with E-state index >= 15 is 0 Å². The molecule has 4 atom stereocenters. The second kappa shape index (κ2) is 7.50. The summed E-state index contributed by atoms with van der Waals surface area (Å²) in [5, 5.41) is 4.04. The Labute approximate surface area is 121 Å². The van der Waals surface area contributed by atoms with Gasteiger partial charge >= 0.3 is 5.97 Å². The lowest BCUT2D eigenvalue weighted by Crippen LogP contribution is -2.50.